The molecule has 2 aromatic heterocycles. The summed E-state index contributed by atoms with van der Waals surface area (Å²) >= 11 is 0. The van der Waals surface area contributed by atoms with Crippen LogP contribution < -0.4 is 16.4 Å². The summed E-state index contributed by atoms with van der Waals surface area (Å²) in [5.41, 5.74) is 11.8. The Kier molecular flexibility index (Phi) is 5.81. The molecule has 3 aromatic rings. The van der Waals surface area contributed by atoms with Gasteiger partial charge in [0.2, 0.25) is 5.91 Å². The lowest BCUT2D eigenvalue weighted by Crippen LogP contribution is -2.40. The number of benzene rings is 1. The molecule has 4 N–H and O–H groups in total. The van der Waals surface area contributed by atoms with Crippen LogP contribution in [0, 0.1) is 0 Å². The van der Waals surface area contributed by atoms with E-state index >= 15 is 0 Å². The van der Waals surface area contributed by atoms with Gasteiger partial charge >= 0.3 is 6.03 Å². The summed E-state index contributed by atoms with van der Waals surface area (Å²) in [6.45, 7) is 2.94. The number of fused-ring (bicyclic) bond motifs is 1. The highest BCUT2D eigenvalue weighted by molar-refractivity contribution is 6.04. The van der Waals surface area contributed by atoms with E-state index in [9.17, 15) is 9.59 Å². The van der Waals surface area contributed by atoms with E-state index in [0.29, 0.717) is 31.7 Å². The molecule has 9 nitrogen and oxygen atoms in total. The van der Waals surface area contributed by atoms with Gasteiger partial charge in [-0.05, 0) is 29.7 Å². The fraction of sp³-hybridized carbons (Fsp3) is 0.304. The molecule has 0 aliphatic carbocycles. The van der Waals surface area contributed by atoms with Crippen molar-refractivity contribution >= 4 is 40.1 Å². The molecule has 0 saturated carbocycles. The third kappa shape index (κ3) is 3.77. The zero-order valence-electron chi connectivity index (χ0n) is 18.5. The van der Waals surface area contributed by atoms with Gasteiger partial charge in [0.15, 0.2) is 0 Å². The molecule has 3 amide bonds. The standard InChI is InChI=1S/C23H27N7O2/c1-4-17(31)28-16-7-5-15(6-8-16)20-18(14-9-11-30(12-10-14)23(32)25-2)19-21(24)26-13-27-22(19)29(20)3/h5-9,13H,4,10-12H2,1-3H3,(H,25,32)(H,28,31)(H2,24,26,27). The largest absolute Gasteiger partial charge is 0.383 e. The first kappa shape index (κ1) is 21.4. The number of aromatic nitrogens is 3. The Bertz CT molecular complexity index is 1210. The van der Waals surface area contributed by atoms with Gasteiger partial charge in [0.1, 0.15) is 17.8 Å². The Morgan fingerprint density at radius 3 is 2.56 bits per heavy atom. The van der Waals surface area contributed by atoms with Gasteiger partial charge < -0.3 is 25.8 Å². The second-order valence-electron chi connectivity index (χ2n) is 7.70. The normalized spacial score (nSPS) is 13.7. The quantitative estimate of drug-likeness (QED) is 0.585. The average Bonchev–Trinajstić information content (AvgIpc) is 3.12. The van der Waals surface area contributed by atoms with Crippen molar-refractivity contribution < 1.29 is 9.59 Å². The van der Waals surface area contributed by atoms with Crippen molar-refractivity contribution in [3.8, 4) is 11.3 Å². The number of nitrogen functional groups attached to an aromatic ring is 1. The number of nitrogens with two attached hydrogens (primary N) is 1. The lowest BCUT2D eigenvalue weighted by Gasteiger charge is -2.26. The maximum atomic E-state index is 12.0. The molecule has 9 heteroatoms. The van der Waals surface area contributed by atoms with E-state index in [-0.39, 0.29) is 11.9 Å². The zero-order chi connectivity index (χ0) is 22.8. The lowest BCUT2D eigenvalue weighted by molar-refractivity contribution is -0.115. The fourth-order valence-electron chi connectivity index (χ4n) is 4.13. The Labute approximate surface area is 186 Å². The highest BCUT2D eigenvalue weighted by Gasteiger charge is 2.25. The summed E-state index contributed by atoms with van der Waals surface area (Å²) in [7, 11) is 3.59. The Morgan fingerprint density at radius 2 is 1.94 bits per heavy atom. The van der Waals surface area contributed by atoms with E-state index in [4.69, 9.17) is 5.73 Å². The second-order valence-corrected chi connectivity index (χ2v) is 7.70. The Morgan fingerprint density at radius 1 is 1.19 bits per heavy atom. The first-order valence-corrected chi connectivity index (χ1v) is 10.6. The molecule has 32 heavy (non-hydrogen) atoms. The average molecular weight is 434 g/mol. The number of hydrogen-bond donors (Lipinski definition) is 3. The number of hydrogen-bond acceptors (Lipinski definition) is 5. The van der Waals surface area contributed by atoms with Gasteiger partial charge in [-0.2, -0.15) is 0 Å². The number of carbonyl (C=O) groups is 2. The number of urea groups is 1. The maximum Gasteiger partial charge on any atom is 0.317 e. The minimum absolute atomic E-state index is 0.0286. The summed E-state index contributed by atoms with van der Waals surface area (Å²) < 4.78 is 2.02. The highest BCUT2D eigenvalue weighted by Crippen LogP contribution is 2.40. The molecular formula is C23H27N7O2. The van der Waals surface area contributed by atoms with Crippen LogP contribution in [0.2, 0.25) is 0 Å². The van der Waals surface area contributed by atoms with E-state index in [1.54, 1.807) is 11.9 Å². The Balaban J connectivity index is 1.82. The molecule has 0 radical (unpaired) electrons. The molecule has 1 aliphatic heterocycles. The minimum atomic E-state index is -0.0917. The Hall–Kier alpha value is -3.88. The van der Waals surface area contributed by atoms with Crippen molar-refractivity contribution in [2.45, 2.75) is 19.8 Å². The van der Waals surface area contributed by atoms with Crippen LogP contribution in [0.1, 0.15) is 25.3 Å². The molecule has 4 rings (SSSR count). The van der Waals surface area contributed by atoms with Gasteiger partial charge in [-0.1, -0.05) is 25.1 Å². The molecular weight excluding hydrogens is 406 g/mol. The summed E-state index contributed by atoms with van der Waals surface area (Å²) in [6, 6.07) is 7.65. The SMILES string of the molecule is CCC(=O)Nc1ccc(-c2c(C3=CCN(C(=O)NC)CC3)c3c(N)ncnc3n2C)cc1. The summed E-state index contributed by atoms with van der Waals surface area (Å²) in [5, 5.41) is 6.37. The lowest BCUT2D eigenvalue weighted by atomic mass is 9.94. The number of anilines is 2. The number of nitrogens with one attached hydrogen (secondary N) is 2. The first-order chi connectivity index (χ1) is 15.4. The van der Waals surface area contributed by atoms with Crippen molar-refractivity contribution in [3.63, 3.8) is 0 Å². The molecule has 166 valence electrons. The molecule has 0 unspecified atom stereocenters. The van der Waals surface area contributed by atoms with Crippen molar-refractivity contribution in [3.05, 3.63) is 42.2 Å². The maximum absolute atomic E-state index is 12.0. The number of amides is 3. The van der Waals surface area contributed by atoms with E-state index in [0.717, 1.165) is 39.1 Å². The summed E-state index contributed by atoms with van der Waals surface area (Å²) in [4.78, 5) is 34.2. The topological polar surface area (TPSA) is 118 Å². The van der Waals surface area contributed by atoms with Crippen LogP contribution in [-0.4, -0.2) is 51.5 Å². The summed E-state index contributed by atoms with van der Waals surface area (Å²) in [6.07, 6.45) is 4.66. The second kappa shape index (κ2) is 8.70. The van der Waals surface area contributed by atoms with Crippen LogP contribution in [0.25, 0.3) is 27.9 Å². The van der Waals surface area contributed by atoms with Crippen LogP contribution in [-0.2, 0) is 11.8 Å². The van der Waals surface area contributed by atoms with Gasteiger partial charge in [-0.25, -0.2) is 14.8 Å². The number of rotatable bonds is 4. The van der Waals surface area contributed by atoms with Crippen LogP contribution in [0.4, 0.5) is 16.3 Å². The molecule has 0 spiro atoms. The van der Waals surface area contributed by atoms with Gasteiger partial charge in [-0.15, -0.1) is 0 Å². The monoisotopic (exact) mass is 433 g/mol. The van der Waals surface area contributed by atoms with Crippen LogP contribution >= 0.6 is 0 Å². The van der Waals surface area contributed by atoms with Crippen molar-refractivity contribution in [2.75, 3.05) is 31.2 Å². The van der Waals surface area contributed by atoms with Crippen LogP contribution in [0.3, 0.4) is 0 Å². The predicted molar refractivity (Wildman–Crippen MR) is 126 cm³/mol. The molecule has 1 aromatic carbocycles. The van der Waals surface area contributed by atoms with Gasteiger partial charge in [0, 0.05) is 44.9 Å². The fourth-order valence-corrected chi connectivity index (χ4v) is 4.13. The third-order valence-electron chi connectivity index (χ3n) is 5.79. The van der Waals surface area contributed by atoms with Crippen molar-refractivity contribution in [2.24, 2.45) is 7.05 Å². The van der Waals surface area contributed by atoms with Crippen molar-refractivity contribution in [1.82, 2.24) is 24.8 Å². The van der Waals surface area contributed by atoms with Gasteiger partial charge in [0.05, 0.1) is 11.1 Å². The van der Waals surface area contributed by atoms with Gasteiger partial charge in [-0.3, -0.25) is 4.79 Å². The summed E-state index contributed by atoms with van der Waals surface area (Å²) in [5.74, 6) is 0.396. The van der Waals surface area contributed by atoms with Crippen LogP contribution in [0.5, 0.6) is 0 Å². The molecule has 0 atom stereocenters. The smallest absolute Gasteiger partial charge is 0.317 e. The number of carbonyl (C=O) groups excluding carboxylic acids is 2. The van der Waals surface area contributed by atoms with Gasteiger partial charge in [0.25, 0.3) is 0 Å². The van der Waals surface area contributed by atoms with E-state index in [1.165, 1.54) is 6.33 Å². The van der Waals surface area contributed by atoms with Crippen LogP contribution in [0.15, 0.2) is 36.7 Å². The highest BCUT2D eigenvalue weighted by atomic mass is 16.2. The minimum Gasteiger partial charge on any atom is -0.383 e. The van der Waals surface area contributed by atoms with E-state index in [1.807, 2.05) is 42.8 Å². The molecule has 3 heterocycles. The van der Waals surface area contributed by atoms with Crippen molar-refractivity contribution in [1.29, 1.82) is 0 Å². The molecule has 0 bridgehead atoms. The number of aryl methyl sites for hydroxylation is 1. The molecule has 1 aliphatic rings. The number of nitrogens with zero attached hydrogens (tertiary/aromatic N) is 4. The van der Waals surface area contributed by atoms with E-state index < -0.39 is 0 Å². The third-order valence-corrected chi connectivity index (χ3v) is 5.79. The molecule has 0 saturated heterocycles. The molecule has 0 fully saturated rings. The first-order valence-electron chi connectivity index (χ1n) is 10.6. The predicted octanol–water partition coefficient (Wildman–Crippen LogP) is 2.99. The zero-order valence-corrected chi connectivity index (χ0v) is 18.5. The van der Waals surface area contributed by atoms with E-state index in [2.05, 4.69) is 26.7 Å².